The topological polar surface area (TPSA) is 118 Å². The molecule has 1 amide bonds. The van der Waals surface area contributed by atoms with Gasteiger partial charge < -0.3 is 24.9 Å². The van der Waals surface area contributed by atoms with Crippen LogP contribution in [-0.2, 0) is 9.36 Å². The fourth-order valence-electron chi connectivity index (χ4n) is 3.79. The SMILES string of the molecule is C.C=CC(C)N1C(=O)CC1C.C=CCC.CCC.CCC(O)c1ccc(F)cc1.O=P(O)(O)c1ccc(-c2cccc(O)c2)cc1. The van der Waals surface area contributed by atoms with Gasteiger partial charge in [0, 0.05) is 18.5 Å². The van der Waals surface area contributed by atoms with E-state index in [1.807, 2.05) is 30.9 Å². The molecule has 3 unspecified atom stereocenters. The molecule has 4 rings (SSSR count). The molecule has 1 aliphatic heterocycles. The maximum atomic E-state index is 12.4. The average Bonchev–Trinajstić information content (AvgIpc) is 3.01. The summed E-state index contributed by atoms with van der Waals surface area (Å²) in [6, 6.07) is 19.2. The fraction of sp³-hybridized carbons (Fsp3) is 0.378. The molecule has 1 heterocycles. The van der Waals surface area contributed by atoms with Crippen LogP contribution in [0.5, 0.6) is 5.75 Å². The van der Waals surface area contributed by atoms with Crippen molar-refractivity contribution in [1.82, 2.24) is 4.90 Å². The average molecular weight is 660 g/mol. The van der Waals surface area contributed by atoms with Crippen molar-refractivity contribution in [3.63, 3.8) is 0 Å². The number of hydrogen-bond donors (Lipinski definition) is 4. The van der Waals surface area contributed by atoms with Crippen LogP contribution < -0.4 is 5.30 Å². The maximum absolute atomic E-state index is 12.4. The Morgan fingerprint density at radius 3 is 1.85 bits per heavy atom. The molecule has 1 saturated heterocycles. The van der Waals surface area contributed by atoms with Crippen LogP contribution in [0.2, 0.25) is 0 Å². The van der Waals surface area contributed by atoms with E-state index in [2.05, 4.69) is 40.9 Å². The number of rotatable bonds is 7. The van der Waals surface area contributed by atoms with Crippen molar-refractivity contribution in [3.8, 4) is 16.9 Å². The van der Waals surface area contributed by atoms with E-state index >= 15 is 0 Å². The van der Waals surface area contributed by atoms with Crippen LogP contribution in [0, 0.1) is 5.82 Å². The van der Waals surface area contributed by atoms with Gasteiger partial charge in [0.25, 0.3) is 0 Å². The lowest BCUT2D eigenvalue weighted by Crippen LogP contribution is -2.54. The quantitative estimate of drug-likeness (QED) is 0.114. The van der Waals surface area contributed by atoms with Crippen molar-refractivity contribution >= 4 is 18.8 Å². The number of nitrogens with zero attached hydrogens (tertiary/aromatic N) is 1. The van der Waals surface area contributed by atoms with Crippen molar-refractivity contribution in [3.05, 3.63) is 109 Å². The highest BCUT2D eigenvalue weighted by atomic mass is 31.2. The molecule has 3 aromatic carbocycles. The van der Waals surface area contributed by atoms with Crippen molar-refractivity contribution in [2.75, 3.05) is 0 Å². The van der Waals surface area contributed by atoms with Crippen molar-refractivity contribution in [1.29, 1.82) is 0 Å². The summed E-state index contributed by atoms with van der Waals surface area (Å²) >= 11 is 0. The Labute approximate surface area is 276 Å². The lowest BCUT2D eigenvalue weighted by molar-refractivity contribution is -0.146. The number of phenols is 1. The van der Waals surface area contributed by atoms with Crippen molar-refractivity contribution < 1.29 is 33.7 Å². The Morgan fingerprint density at radius 2 is 1.50 bits per heavy atom. The van der Waals surface area contributed by atoms with Gasteiger partial charge in [0.15, 0.2) is 0 Å². The molecule has 4 N–H and O–H groups in total. The number of β-lactam (4-membered cyclic amide) rings is 1. The number of aromatic hydroxyl groups is 1. The summed E-state index contributed by atoms with van der Waals surface area (Å²) < 4.78 is 23.4. The highest BCUT2D eigenvalue weighted by Gasteiger charge is 2.34. The van der Waals surface area contributed by atoms with E-state index in [1.165, 1.54) is 30.7 Å². The van der Waals surface area contributed by atoms with E-state index < -0.39 is 13.7 Å². The molecule has 9 heteroatoms. The van der Waals surface area contributed by atoms with Crippen molar-refractivity contribution in [2.45, 2.75) is 92.8 Å². The van der Waals surface area contributed by atoms with E-state index in [0.717, 1.165) is 23.1 Å². The van der Waals surface area contributed by atoms with E-state index in [0.29, 0.717) is 18.9 Å². The van der Waals surface area contributed by atoms with E-state index in [9.17, 15) is 24.0 Å². The number of aliphatic hydroxyl groups excluding tert-OH is 1. The Balaban J connectivity index is 0. The first-order valence-corrected chi connectivity index (χ1v) is 16.7. The van der Waals surface area contributed by atoms with Gasteiger partial charge in [-0.1, -0.05) is 90.1 Å². The number of carbonyl (C=O) groups is 1. The van der Waals surface area contributed by atoms with Gasteiger partial charge in [0.2, 0.25) is 5.91 Å². The first kappa shape index (κ1) is 44.6. The summed E-state index contributed by atoms with van der Waals surface area (Å²) in [5, 5.41) is 18.6. The van der Waals surface area contributed by atoms with E-state index in [4.69, 9.17) is 9.79 Å². The van der Waals surface area contributed by atoms with Crippen LogP contribution in [0.1, 0.15) is 86.3 Å². The van der Waals surface area contributed by atoms with Crippen molar-refractivity contribution in [2.24, 2.45) is 0 Å². The van der Waals surface area contributed by atoms with Crippen LogP contribution >= 0.6 is 7.60 Å². The molecule has 0 bridgehead atoms. The third-order valence-corrected chi connectivity index (χ3v) is 7.30. The molecule has 3 aromatic rings. The first-order valence-electron chi connectivity index (χ1n) is 15.1. The van der Waals surface area contributed by atoms with Gasteiger partial charge in [0.1, 0.15) is 11.6 Å². The number of halogens is 1. The second-order valence-corrected chi connectivity index (χ2v) is 12.0. The van der Waals surface area contributed by atoms with Gasteiger partial charge >= 0.3 is 7.60 Å². The molecule has 0 aliphatic carbocycles. The van der Waals surface area contributed by atoms with Gasteiger partial charge in [-0.3, -0.25) is 9.36 Å². The summed E-state index contributed by atoms with van der Waals surface area (Å²) in [5.74, 6) is 0.138. The van der Waals surface area contributed by atoms with Crippen LogP contribution in [0.4, 0.5) is 4.39 Å². The standard InChI is InChI=1S/C12H11O4P.C9H11FO.C8H13NO.C4H8.C3H8.CH4/c13-11-3-1-2-10(8-11)9-4-6-12(7-5-9)17(14,15)16;1-2-9(11)7-3-5-8(10)6-4-7;1-4-6(2)9-7(3)5-8(9)10;1-3-4-2;1-3-2;/h1-8,13H,(H2,14,15,16);3-6,9,11H,2H2,1H3;4,6-7H,1,5H2,2-3H3;3H,1,4H2,2H3;3H2,1-2H3;1H4. The number of phenolic OH excluding ortho intramolecular Hbond substituents is 1. The molecular formula is C37H55FNO6P. The van der Waals surface area contributed by atoms with Gasteiger partial charge in [-0.05, 0) is 79.8 Å². The minimum absolute atomic E-state index is 0. The molecular weight excluding hydrogens is 604 g/mol. The maximum Gasteiger partial charge on any atom is 0.356 e. The molecule has 1 fully saturated rings. The summed E-state index contributed by atoms with van der Waals surface area (Å²) in [6.45, 7) is 19.4. The predicted octanol–water partition coefficient (Wildman–Crippen LogP) is 8.95. The zero-order valence-corrected chi connectivity index (χ0v) is 28.3. The number of amides is 1. The molecule has 256 valence electrons. The van der Waals surface area contributed by atoms with Crippen LogP contribution in [0.3, 0.4) is 0 Å². The van der Waals surface area contributed by atoms with E-state index in [1.54, 1.807) is 48.5 Å². The largest absolute Gasteiger partial charge is 0.508 e. The van der Waals surface area contributed by atoms with Crippen LogP contribution in [-0.4, -0.2) is 42.9 Å². The van der Waals surface area contributed by atoms with Crippen LogP contribution in [0.15, 0.2) is 98.1 Å². The second-order valence-electron chi connectivity index (χ2n) is 10.4. The van der Waals surface area contributed by atoms with Crippen LogP contribution in [0.25, 0.3) is 11.1 Å². The third kappa shape index (κ3) is 16.7. The number of aliphatic hydroxyl groups is 1. The normalized spacial score (nSPS) is 14.3. The number of allylic oxidation sites excluding steroid dienone is 1. The monoisotopic (exact) mass is 659 g/mol. The Morgan fingerprint density at radius 1 is 0.978 bits per heavy atom. The minimum atomic E-state index is -4.19. The van der Waals surface area contributed by atoms with Gasteiger partial charge in [0.05, 0.1) is 11.4 Å². The van der Waals surface area contributed by atoms with Gasteiger partial charge in [-0.15, -0.1) is 13.2 Å². The fourth-order valence-corrected chi connectivity index (χ4v) is 4.32. The van der Waals surface area contributed by atoms with Gasteiger partial charge in [-0.25, -0.2) is 4.39 Å². The number of benzene rings is 3. The molecule has 3 atom stereocenters. The third-order valence-electron chi connectivity index (χ3n) is 6.33. The summed E-state index contributed by atoms with van der Waals surface area (Å²) in [7, 11) is -4.19. The Hall–Kier alpha value is -3.55. The predicted molar refractivity (Wildman–Crippen MR) is 191 cm³/mol. The number of carbonyl (C=O) groups excluding carboxylic acids is 1. The molecule has 0 aromatic heterocycles. The Kier molecular flexibility index (Phi) is 23.0. The second kappa shape index (κ2) is 23.7. The molecule has 0 spiro atoms. The van der Waals surface area contributed by atoms with Gasteiger partial charge in [-0.2, -0.15) is 0 Å². The first-order chi connectivity index (χ1) is 21.2. The lowest BCUT2D eigenvalue weighted by atomic mass is 10.0. The minimum Gasteiger partial charge on any atom is -0.508 e. The molecule has 7 nitrogen and oxygen atoms in total. The Bertz CT molecular complexity index is 1320. The molecule has 0 radical (unpaired) electrons. The summed E-state index contributed by atoms with van der Waals surface area (Å²) in [5.41, 5.74) is 2.36. The summed E-state index contributed by atoms with van der Waals surface area (Å²) in [6.07, 6.45) is 6.91. The zero-order valence-electron chi connectivity index (χ0n) is 27.4. The smallest absolute Gasteiger partial charge is 0.356 e. The number of likely N-dealkylation sites (tertiary alicyclic amines) is 1. The number of hydrogen-bond acceptors (Lipinski definition) is 4. The van der Waals surface area contributed by atoms with E-state index in [-0.39, 0.29) is 36.2 Å². The zero-order chi connectivity index (χ0) is 34.6. The molecule has 46 heavy (non-hydrogen) atoms. The molecule has 1 aliphatic rings. The highest BCUT2D eigenvalue weighted by Crippen LogP contribution is 2.34. The summed E-state index contributed by atoms with van der Waals surface area (Å²) in [4.78, 5) is 30.7. The molecule has 0 saturated carbocycles. The lowest BCUT2D eigenvalue weighted by Gasteiger charge is -2.41. The highest BCUT2D eigenvalue weighted by molar-refractivity contribution is 7.60.